The van der Waals surface area contributed by atoms with Crippen LogP contribution in [-0.2, 0) is 18.3 Å². The molecule has 0 radical (unpaired) electrons. The molecule has 2 atom stereocenters. The first-order valence-electron chi connectivity index (χ1n) is 11.0. The van der Waals surface area contributed by atoms with E-state index in [1.807, 2.05) is 29.9 Å². The van der Waals surface area contributed by atoms with Crippen molar-refractivity contribution in [2.24, 2.45) is 12.0 Å². The molecule has 2 unspecified atom stereocenters. The third-order valence-electron chi connectivity index (χ3n) is 6.00. The Morgan fingerprint density at radius 3 is 2.77 bits per heavy atom. The molecule has 0 spiro atoms. The summed E-state index contributed by atoms with van der Waals surface area (Å²) >= 11 is 1.83. The topological polar surface area (TPSA) is 79.6 Å². The van der Waals surface area contributed by atoms with Crippen LogP contribution in [-0.4, -0.2) is 64.5 Å². The van der Waals surface area contributed by atoms with Gasteiger partial charge < -0.3 is 19.9 Å². The maximum Gasteiger partial charge on any atom is 0.191 e. The number of thiophene rings is 1. The zero-order valence-electron chi connectivity index (χ0n) is 18.4. The molecule has 172 valence electrons. The first-order chi connectivity index (χ1) is 14.7. The van der Waals surface area contributed by atoms with E-state index in [9.17, 15) is 0 Å². The Labute approximate surface area is 205 Å². The van der Waals surface area contributed by atoms with Crippen molar-refractivity contribution >= 4 is 41.3 Å². The molecule has 4 rings (SSSR count). The van der Waals surface area contributed by atoms with E-state index in [-0.39, 0.29) is 30.1 Å². The van der Waals surface area contributed by atoms with Crippen molar-refractivity contribution in [3.63, 3.8) is 0 Å². The number of aryl methyl sites for hydroxylation is 1. The summed E-state index contributed by atoms with van der Waals surface area (Å²) in [6, 6.07) is 4.76. The first-order valence-corrected chi connectivity index (χ1v) is 11.8. The van der Waals surface area contributed by atoms with Gasteiger partial charge in [0, 0.05) is 31.6 Å². The summed E-state index contributed by atoms with van der Waals surface area (Å²) in [6.45, 7) is 7.24. The average Bonchev–Trinajstić information content (AvgIpc) is 3.55. The third kappa shape index (κ3) is 6.62. The zero-order valence-corrected chi connectivity index (χ0v) is 21.6. The summed E-state index contributed by atoms with van der Waals surface area (Å²) in [5, 5.41) is 17.6. The maximum atomic E-state index is 5.78. The molecule has 0 aliphatic carbocycles. The number of nitrogens with one attached hydrogen (secondary N) is 2. The van der Waals surface area contributed by atoms with Gasteiger partial charge in [-0.05, 0) is 57.1 Å². The SMILES string of the molecule is Cc1nnc(CN=C(NCC2CCCO2)NCC(c2cccs2)N2CCCC2)n1C.I. The number of rotatable bonds is 8. The normalized spacial score (nSPS) is 20.6. The van der Waals surface area contributed by atoms with Gasteiger partial charge in [0.25, 0.3) is 0 Å². The summed E-state index contributed by atoms with van der Waals surface area (Å²) in [5.41, 5.74) is 0. The van der Waals surface area contributed by atoms with Gasteiger partial charge in [-0.1, -0.05) is 6.07 Å². The second-order valence-electron chi connectivity index (χ2n) is 8.06. The van der Waals surface area contributed by atoms with Crippen LogP contribution in [0.3, 0.4) is 0 Å². The molecule has 2 N–H and O–H groups in total. The predicted molar refractivity (Wildman–Crippen MR) is 135 cm³/mol. The molecule has 0 aromatic carbocycles. The van der Waals surface area contributed by atoms with Gasteiger partial charge in [0.15, 0.2) is 11.8 Å². The number of aromatic nitrogens is 3. The van der Waals surface area contributed by atoms with Gasteiger partial charge in [-0.3, -0.25) is 4.90 Å². The van der Waals surface area contributed by atoms with Gasteiger partial charge >= 0.3 is 0 Å². The first kappa shape index (κ1) is 24.4. The molecular weight excluding hydrogens is 525 g/mol. The molecule has 2 aliphatic rings. The molecule has 2 aromatic heterocycles. The highest BCUT2D eigenvalue weighted by Crippen LogP contribution is 2.27. The number of halogens is 1. The number of likely N-dealkylation sites (tertiary alicyclic amines) is 1. The van der Waals surface area contributed by atoms with Crippen molar-refractivity contribution in [1.82, 2.24) is 30.3 Å². The van der Waals surface area contributed by atoms with E-state index in [4.69, 9.17) is 9.73 Å². The third-order valence-corrected chi connectivity index (χ3v) is 6.97. The minimum Gasteiger partial charge on any atom is -0.376 e. The van der Waals surface area contributed by atoms with Crippen LogP contribution in [0, 0.1) is 6.92 Å². The van der Waals surface area contributed by atoms with E-state index in [0.29, 0.717) is 12.6 Å². The Morgan fingerprint density at radius 2 is 2.13 bits per heavy atom. The monoisotopic (exact) mass is 559 g/mol. The summed E-state index contributed by atoms with van der Waals surface area (Å²) in [4.78, 5) is 8.80. The lowest BCUT2D eigenvalue weighted by atomic mass is 10.2. The number of nitrogens with zero attached hydrogens (tertiary/aromatic N) is 5. The van der Waals surface area contributed by atoms with Crippen LogP contribution in [0.5, 0.6) is 0 Å². The van der Waals surface area contributed by atoms with Gasteiger partial charge in [0.05, 0.1) is 12.1 Å². The highest BCUT2D eigenvalue weighted by Gasteiger charge is 2.24. The van der Waals surface area contributed by atoms with Gasteiger partial charge in [0.1, 0.15) is 12.4 Å². The minimum atomic E-state index is 0. The quantitative estimate of drug-likeness (QED) is 0.294. The van der Waals surface area contributed by atoms with E-state index >= 15 is 0 Å². The van der Waals surface area contributed by atoms with Crippen molar-refractivity contribution in [2.75, 3.05) is 32.8 Å². The van der Waals surface area contributed by atoms with Crippen LogP contribution in [0.4, 0.5) is 0 Å². The number of hydrogen-bond donors (Lipinski definition) is 2. The van der Waals surface area contributed by atoms with Gasteiger partial charge in [-0.15, -0.1) is 45.5 Å². The maximum absolute atomic E-state index is 5.78. The van der Waals surface area contributed by atoms with Crippen molar-refractivity contribution in [3.05, 3.63) is 34.0 Å². The van der Waals surface area contributed by atoms with Crippen LogP contribution in [0.1, 0.15) is 48.3 Å². The van der Waals surface area contributed by atoms with Crippen LogP contribution >= 0.6 is 35.3 Å². The Kier molecular flexibility index (Phi) is 9.54. The van der Waals surface area contributed by atoms with Gasteiger partial charge in [-0.25, -0.2) is 4.99 Å². The molecular formula is C21H34IN7OS. The second-order valence-corrected chi connectivity index (χ2v) is 9.04. The van der Waals surface area contributed by atoms with E-state index < -0.39 is 0 Å². The van der Waals surface area contributed by atoms with Crippen LogP contribution in [0.15, 0.2) is 22.5 Å². The summed E-state index contributed by atoms with van der Waals surface area (Å²) < 4.78 is 7.76. The number of ether oxygens (including phenoxy) is 1. The molecule has 2 fully saturated rings. The van der Waals surface area contributed by atoms with Gasteiger partial charge in [-0.2, -0.15) is 0 Å². The molecule has 2 aromatic rings. The lowest BCUT2D eigenvalue weighted by Crippen LogP contribution is -2.44. The fraction of sp³-hybridized carbons (Fsp3) is 0.667. The molecule has 0 amide bonds. The van der Waals surface area contributed by atoms with E-state index in [0.717, 1.165) is 63.2 Å². The van der Waals surface area contributed by atoms with Crippen LogP contribution in [0.2, 0.25) is 0 Å². The Bertz CT molecular complexity index is 814. The van der Waals surface area contributed by atoms with E-state index in [1.165, 1.54) is 17.7 Å². The standard InChI is InChI=1S/C21H33N7OS.HI/c1-16-25-26-20(27(16)2)15-24-21(22-13-17-7-5-11-29-17)23-14-18(19-8-6-12-30-19)28-9-3-4-10-28;/h6,8,12,17-18H,3-5,7,9-11,13-15H2,1-2H3,(H2,22,23,24);1H. The highest BCUT2D eigenvalue weighted by molar-refractivity contribution is 14.0. The number of aliphatic imine (C=N–C) groups is 1. The van der Waals surface area contributed by atoms with E-state index in [1.54, 1.807) is 0 Å². The average molecular weight is 560 g/mol. The minimum absolute atomic E-state index is 0. The molecule has 4 heterocycles. The second kappa shape index (κ2) is 12.1. The molecule has 10 heteroatoms. The fourth-order valence-corrected chi connectivity index (χ4v) is 4.93. The summed E-state index contributed by atoms with van der Waals surface area (Å²) in [5.74, 6) is 2.57. The molecule has 2 saturated heterocycles. The highest BCUT2D eigenvalue weighted by atomic mass is 127. The number of hydrogen-bond acceptors (Lipinski definition) is 6. The lowest BCUT2D eigenvalue weighted by Gasteiger charge is -2.28. The molecule has 0 bridgehead atoms. The van der Waals surface area contributed by atoms with Crippen molar-refractivity contribution in [1.29, 1.82) is 0 Å². The molecule has 31 heavy (non-hydrogen) atoms. The molecule has 2 aliphatic heterocycles. The Morgan fingerprint density at radius 1 is 1.29 bits per heavy atom. The van der Waals surface area contributed by atoms with Gasteiger partial charge in [0.2, 0.25) is 0 Å². The van der Waals surface area contributed by atoms with Crippen LogP contribution < -0.4 is 10.6 Å². The van der Waals surface area contributed by atoms with Crippen molar-refractivity contribution < 1.29 is 4.74 Å². The lowest BCUT2D eigenvalue weighted by molar-refractivity contribution is 0.113. The Hall–Kier alpha value is -1.24. The van der Waals surface area contributed by atoms with Crippen LogP contribution in [0.25, 0.3) is 0 Å². The zero-order chi connectivity index (χ0) is 20.8. The summed E-state index contributed by atoms with van der Waals surface area (Å²) in [7, 11) is 1.98. The number of guanidine groups is 1. The largest absolute Gasteiger partial charge is 0.376 e. The molecule has 0 saturated carbocycles. The summed E-state index contributed by atoms with van der Waals surface area (Å²) in [6.07, 6.45) is 5.08. The Balaban J connectivity index is 0.00000272. The fourth-order valence-electron chi connectivity index (χ4n) is 4.07. The smallest absolute Gasteiger partial charge is 0.191 e. The molecule has 8 nitrogen and oxygen atoms in total. The van der Waals surface area contributed by atoms with E-state index in [2.05, 4.69) is 43.2 Å². The van der Waals surface area contributed by atoms with Crippen molar-refractivity contribution in [3.8, 4) is 0 Å². The van der Waals surface area contributed by atoms with Crippen molar-refractivity contribution in [2.45, 2.75) is 51.3 Å². The predicted octanol–water partition coefficient (Wildman–Crippen LogP) is 2.85.